The van der Waals surface area contributed by atoms with Crippen molar-refractivity contribution in [2.75, 3.05) is 12.4 Å². The summed E-state index contributed by atoms with van der Waals surface area (Å²) >= 11 is 5.54. The van der Waals surface area contributed by atoms with Crippen LogP contribution in [0.5, 0.6) is 5.75 Å². The number of hydrogen-bond donors (Lipinski definition) is 1. The van der Waals surface area contributed by atoms with Crippen LogP contribution in [-0.2, 0) is 4.79 Å². The first kappa shape index (κ1) is 15.5. The maximum absolute atomic E-state index is 12.7. The summed E-state index contributed by atoms with van der Waals surface area (Å²) < 4.78 is 66.1. The van der Waals surface area contributed by atoms with Crippen LogP contribution in [0, 0.1) is 0 Å². The number of halogens is 6. The molecule has 0 atom stereocenters. The number of methoxy groups -OCH3 is 1. The molecule has 0 saturated carbocycles. The van der Waals surface area contributed by atoms with Crippen molar-refractivity contribution in [1.29, 1.82) is 0 Å². The number of rotatable bonds is 3. The zero-order valence-corrected chi connectivity index (χ0v) is 10.1. The van der Waals surface area contributed by atoms with Crippen molar-refractivity contribution in [1.82, 2.24) is 0 Å². The van der Waals surface area contributed by atoms with Crippen LogP contribution in [0.15, 0.2) is 18.2 Å². The Balaban J connectivity index is 3.03. The molecule has 9 heteroatoms. The Labute approximate surface area is 109 Å². The molecule has 0 aromatic heterocycles. The summed E-state index contributed by atoms with van der Waals surface area (Å²) in [5.41, 5.74) is -0.385. The number of carbonyl (C=O) groups excluding carboxylic acids is 1. The Bertz CT molecular complexity index is 489. The van der Waals surface area contributed by atoms with Crippen LogP contribution >= 0.6 is 11.6 Å². The molecule has 1 rings (SSSR count). The fourth-order valence-electron chi connectivity index (χ4n) is 1.11. The first-order valence-corrected chi connectivity index (χ1v) is 5.07. The molecule has 0 unspecified atom stereocenters. The second-order valence-corrected chi connectivity index (χ2v) is 3.81. The van der Waals surface area contributed by atoms with Gasteiger partial charge >= 0.3 is 18.0 Å². The fourth-order valence-corrected chi connectivity index (χ4v) is 1.28. The van der Waals surface area contributed by atoms with E-state index in [1.165, 1.54) is 17.4 Å². The molecule has 1 N–H and O–H groups in total. The van der Waals surface area contributed by atoms with E-state index in [0.717, 1.165) is 13.2 Å². The summed E-state index contributed by atoms with van der Waals surface area (Å²) in [4.78, 5) is 11.0. The maximum atomic E-state index is 12.7. The number of hydrogen-bond acceptors (Lipinski definition) is 2. The van der Waals surface area contributed by atoms with Gasteiger partial charge in [0, 0.05) is 5.02 Å². The van der Waals surface area contributed by atoms with Gasteiger partial charge in [-0.05, 0) is 18.2 Å². The molecular weight excluding hydrogens is 297 g/mol. The summed E-state index contributed by atoms with van der Waals surface area (Å²) in [6, 6.07) is 3.52. The summed E-state index contributed by atoms with van der Waals surface area (Å²) in [7, 11) is 1.15. The number of anilines is 1. The zero-order chi connectivity index (χ0) is 14.8. The number of ether oxygens (including phenoxy) is 1. The first-order chi connectivity index (χ1) is 8.59. The van der Waals surface area contributed by atoms with Gasteiger partial charge in [-0.25, -0.2) is 0 Å². The van der Waals surface area contributed by atoms with Crippen LogP contribution < -0.4 is 10.1 Å². The average Bonchev–Trinajstić information content (AvgIpc) is 2.27. The van der Waals surface area contributed by atoms with E-state index < -0.39 is 18.0 Å². The van der Waals surface area contributed by atoms with Crippen molar-refractivity contribution < 1.29 is 31.5 Å². The van der Waals surface area contributed by atoms with Crippen molar-refractivity contribution in [2.24, 2.45) is 0 Å². The van der Waals surface area contributed by atoms with Gasteiger partial charge in [-0.2, -0.15) is 22.0 Å². The van der Waals surface area contributed by atoms with Crippen molar-refractivity contribution in [3.63, 3.8) is 0 Å². The van der Waals surface area contributed by atoms with E-state index in [1.807, 2.05) is 0 Å². The lowest BCUT2D eigenvalue weighted by Crippen LogP contribution is -2.47. The highest BCUT2D eigenvalue weighted by Gasteiger charge is 2.63. The number of carbonyl (C=O) groups is 1. The monoisotopic (exact) mass is 303 g/mol. The lowest BCUT2D eigenvalue weighted by atomic mass is 10.2. The van der Waals surface area contributed by atoms with Gasteiger partial charge in [0.05, 0.1) is 12.8 Å². The number of alkyl halides is 5. The van der Waals surface area contributed by atoms with Crippen LogP contribution in [0.2, 0.25) is 5.02 Å². The highest BCUT2D eigenvalue weighted by atomic mass is 35.5. The number of amides is 1. The van der Waals surface area contributed by atoms with Crippen molar-refractivity contribution in [3.8, 4) is 5.75 Å². The third kappa shape index (κ3) is 3.25. The van der Waals surface area contributed by atoms with E-state index in [-0.39, 0.29) is 16.5 Å². The van der Waals surface area contributed by atoms with E-state index in [2.05, 4.69) is 0 Å². The SMILES string of the molecule is COc1ccc(Cl)cc1NC(=O)C(F)(F)C(F)(F)F. The largest absolute Gasteiger partial charge is 0.495 e. The highest BCUT2D eigenvalue weighted by Crippen LogP contribution is 2.37. The van der Waals surface area contributed by atoms with E-state index in [9.17, 15) is 26.7 Å². The van der Waals surface area contributed by atoms with Crippen LogP contribution in [0.1, 0.15) is 0 Å². The Kier molecular flexibility index (Phi) is 4.24. The van der Waals surface area contributed by atoms with Gasteiger partial charge < -0.3 is 10.1 Å². The normalized spacial score (nSPS) is 12.2. The molecule has 0 saturated heterocycles. The van der Waals surface area contributed by atoms with E-state index in [0.29, 0.717) is 0 Å². The summed E-state index contributed by atoms with van der Waals surface area (Å²) in [5, 5.41) is 1.46. The molecule has 0 aliphatic rings. The van der Waals surface area contributed by atoms with Crippen LogP contribution in [0.4, 0.5) is 27.6 Å². The van der Waals surface area contributed by atoms with Crippen molar-refractivity contribution in [2.45, 2.75) is 12.1 Å². The van der Waals surface area contributed by atoms with Gasteiger partial charge in [0.1, 0.15) is 5.75 Å². The van der Waals surface area contributed by atoms with Crippen LogP contribution in [0.25, 0.3) is 0 Å². The molecule has 0 aliphatic carbocycles. The topological polar surface area (TPSA) is 38.3 Å². The third-order valence-corrected chi connectivity index (χ3v) is 2.29. The molecule has 1 aromatic rings. The average molecular weight is 304 g/mol. The van der Waals surface area contributed by atoms with Gasteiger partial charge in [0.2, 0.25) is 0 Å². The van der Waals surface area contributed by atoms with Gasteiger partial charge in [0.15, 0.2) is 0 Å². The minimum atomic E-state index is -5.98. The Morgan fingerprint density at radius 1 is 1.26 bits per heavy atom. The molecule has 0 heterocycles. The molecule has 0 radical (unpaired) electrons. The maximum Gasteiger partial charge on any atom is 0.463 e. The predicted octanol–water partition coefficient (Wildman–Crippen LogP) is 3.48. The molecule has 0 bridgehead atoms. The second kappa shape index (κ2) is 5.20. The Hall–Kier alpha value is -1.57. The van der Waals surface area contributed by atoms with Crippen LogP contribution in [-0.4, -0.2) is 25.1 Å². The van der Waals surface area contributed by atoms with Crippen molar-refractivity contribution >= 4 is 23.2 Å². The molecule has 1 aromatic carbocycles. The van der Waals surface area contributed by atoms with Gasteiger partial charge in [0.25, 0.3) is 0 Å². The predicted molar refractivity (Wildman–Crippen MR) is 57.6 cm³/mol. The number of nitrogens with one attached hydrogen (secondary N) is 1. The van der Waals surface area contributed by atoms with Gasteiger partial charge in [-0.3, -0.25) is 4.79 Å². The molecule has 0 fully saturated rings. The molecule has 19 heavy (non-hydrogen) atoms. The van der Waals surface area contributed by atoms with Crippen molar-refractivity contribution in [3.05, 3.63) is 23.2 Å². The summed E-state index contributed by atoms with van der Waals surface area (Å²) in [6.07, 6.45) is -5.98. The first-order valence-electron chi connectivity index (χ1n) is 4.69. The minimum Gasteiger partial charge on any atom is -0.495 e. The lowest BCUT2D eigenvalue weighted by Gasteiger charge is -2.19. The fraction of sp³-hybridized carbons (Fsp3) is 0.300. The lowest BCUT2D eigenvalue weighted by molar-refractivity contribution is -0.267. The Morgan fingerprint density at radius 3 is 2.32 bits per heavy atom. The minimum absolute atomic E-state index is 0.0337. The third-order valence-electron chi connectivity index (χ3n) is 2.05. The molecule has 0 spiro atoms. The number of benzene rings is 1. The van der Waals surface area contributed by atoms with E-state index >= 15 is 0 Å². The zero-order valence-electron chi connectivity index (χ0n) is 9.32. The molecule has 3 nitrogen and oxygen atoms in total. The van der Waals surface area contributed by atoms with E-state index in [1.54, 1.807) is 0 Å². The summed E-state index contributed by atoms with van der Waals surface area (Å²) in [5.74, 6) is -8.13. The second-order valence-electron chi connectivity index (χ2n) is 3.37. The molecule has 1 amide bonds. The summed E-state index contributed by atoms with van der Waals surface area (Å²) in [6.45, 7) is 0. The van der Waals surface area contributed by atoms with Gasteiger partial charge in [-0.15, -0.1) is 0 Å². The highest BCUT2D eigenvalue weighted by molar-refractivity contribution is 6.31. The van der Waals surface area contributed by atoms with E-state index in [4.69, 9.17) is 16.3 Å². The molecular formula is C10H7ClF5NO2. The Morgan fingerprint density at radius 2 is 1.84 bits per heavy atom. The smallest absolute Gasteiger partial charge is 0.463 e. The molecule has 0 aliphatic heterocycles. The van der Waals surface area contributed by atoms with Gasteiger partial charge in [-0.1, -0.05) is 11.6 Å². The molecule has 106 valence electrons. The standard InChI is InChI=1S/C10H7ClF5NO2/c1-19-7-3-2-5(11)4-6(7)17-8(18)9(12,13)10(14,15)16/h2-4H,1H3,(H,17,18). The quantitative estimate of drug-likeness (QED) is 0.868. The van der Waals surface area contributed by atoms with Crippen LogP contribution in [0.3, 0.4) is 0 Å².